The molecule has 21 heavy (non-hydrogen) atoms. The first-order valence-electron chi connectivity index (χ1n) is 6.08. The molecule has 7 heteroatoms. The predicted octanol–water partition coefficient (Wildman–Crippen LogP) is 2.74. The summed E-state index contributed by atoms with van der Waals surface area (Å²) in [5.74, 6) is 0. The van der Waals surface area contributed by atoms with E-state index < -0.39 is 15.0 Å². The molecule has 0 radical (unpaired) electrons. The normalized spacial score (nSPS) is 11.3. The summed E-state index contributed by atoms with van der Waals surface area (Å²) >= 11 is 0. The first-order valence-corrected chi connectivity index (χ1v) is 7.52. The smallest absolute Gasteiger partial charge is 0.282 e. The molecule has 0 aliphatic rings. The zero-order chi connectivity index (χ0) is 15.6. The van der Waals surface area contributed by atoms with Crippen molar-refractivity contribution in [3.63, 3.8) is 0 Å². The molecule has 6 nitrogen and oxygen atoms in total. The second-order valence-electron chi connectivity index (χ2n) is 4.66. The molecule has 110 valence electrons. The van der Waals surface area contributed by atoms with Crippen LogP contribution in [0.1, 0.15) is 16.7 Å². The molecule has 1 N–H and O–H groups in total. The molecule has 0 amide bonds. The Kier molecular flexibility index (Phi) is 4.06. The minimum atomic E-state index is -4.24. The molecule has 2 aromatic carbocycles. The lowest BCUT2D eigenvalue weighted by Crippen LogP contribution is -2.01. The molecular formula is C14H13NO5S. The van der Waals surface area contributed by atoms with Crippen molar-refractivity contribution < 1.29 is 17.9 Å². The molecular weight excluding hydrogens is 294 g/mol. The molecule has 0 fully saturated rings. The molecule has 0 unspecified atom stereocenters. The van der Waals surface area contributed by atoms with Gasteiger partial charge in [0, 0.05) is 12.1 Å². The maximum absolute atomic E-state index is 11.1. The van der Waals surface area contributed by atoms with Gasteiger partial charge >= 0.3 is 0 Å². The fraction of sp³-hybridized carbons (Fsp3) is 0.143. The van der Waals surface area contributed by atoms with Gasteiger partial charge in [-0.15, -0.1) is 0 Å². The van der Waals surface area contributed by atoms with Crippen molar-refractivity contribution in [3.8, 4) is 0 Å². The van der Waals surface area contributed by atoms with Crippen LogP contribution in [0.3, 0.4) is 0 Å². The van der Waals surface area contributed by atoms with Gasteiger partial charge in [-0.3, -0.25) is 14.7 Å². The average molecular weight is 307 g/mol. The van der Waals surface area contributed by atoms with Crippen LogP contribution in [0.15, 0.2) is 47.4 Å². The van der Waals surface area contributed by atoms with Gasteiger partial charge in [-0.25, -0.2) is 0 Å². The Balaban J connectivity index is 2.32. The fourth-order valence-electron chi connectivity index (χ4n) is 1.95. The third-order valence-corrected chi connectivity index (χ3v) is 4.01. The zero-order valence-electron chi connectivity index (χ0n) is 11.2. The minimum absolute atomic E-state index is 0.00200. The van der Waals surface area contributed by atoms with E-state index >= 15 is 0 Å². The summed E-state index contributed by atoms with van der Waals surface area (Å²) in [4.78, 5) is 9.95. The number of benzene rings is 2. The molecule has 0 saturated heterocycles. The van der Waals surface area contributed by atoms with Crippen molar-refractivity contribution in [2.24, 2.45) is 0 Å². The second-order valence-corrected chi connectivity index (χ2v) is 6.09. The fourth-order valence-corrected chi connectivity index (χ4v) is 2.49. The summed E-state index contributed by atoms with van der Waals surface area (Å²) in [6.07, 6.45) is 0.424. The third kappa shape index (κ3) is 3.65. The van der Waals surface area contributed by atoms with Crippen molar-refractivity contribution in [1.82, 2.24) is 0 Å². The number of hydrogen-bond donors (Lipinski definition) is 1. The highest BCUT2D eigenvalue weighted by atomic mass is 32.2. The van der Waals surface area contributed by atoms with E-state index in [-0.39, 0.29) is 10.6 Å². The number of nitro groups is 1. The maximum Gasteiger partial charge on any atom is 0.294 e. The lowest BCUT2D eigenvalue weighted by Gasteiger charge is -2.08. The van der Waals surface area contributed by atoms with Crippen LogP contribution in [0.4, 0.5) is 5.69 Å². The molecule has 0 spiro atoms. The van der Waals surface area contributed by atoms with Gasteiger partial charge in [0.1, 0.15) is 0 Å². The van der Waals surface area contributed by atoms with Gasteiger partial charge < -0.3 is 0 Å². The Bertz CT molecular complexity index is 782. The van der Waals surface area contributed by atoms with Gasteiger partial charge in [0.25, 0.3) is 15.8 Å². The van der Waals surface area contributed by atoms with Crippen LogP contribution in [0.5, 0.6) is 0 Å². The van der Waals surface area contributed by atoms with Gasteiger partial charge in [-0.05, 0) is 42.2 Å². The van der Waals surface area contributed by atoms with E-state index in [9.17, 15) is 18.5 Å². The van der Waals surface area contributed by atoms with Gasteiger partial charge in [0.2, 0.25) is 0 Å². The van der Waals surface area contributed by atoms with Crippen molar-refractivity contribution in [2.45, 2.75) is 18.2 Å². The highest BCUT2D eigenvalue weighted by molar-refractivity contribution is 7.85. The zero-order valence-corrected chi connectivity index (χ0v) is 12.0. The van der Waals surface area contributed by atoms with Crippen LogP contribution in [-0.2, 0) is 16.5 Å². The molecule has 0 heterocycles. The Hall–Kier alpha value is -2.25. The quantitative estimate of drug-likeness (QED) is 0.532. The number of nitro benzene ring substituents is 1. The van der Waals surface area contributed by atoms with Crippen LogP contribution < -0.4 is 0 Å². The van der Waals surface area contributed by atoms with Crippen molar-refractivity contribution >= 4 is 15.8 Å². The number of aryl methyl sites for hydroxylation is 1. The van der Waals surface area contributed by atoms with Crippen LogP contribution in [0.25, 0.3) is 0 Å². The van der Waals surface area contributed by atoms with Gasteiger partial charge in [0.15, 0.2) is 0 Å². The van der Waals surface area contributed by atoms with E-state index in [1.165, 1.54) is 24.3 Å². The summed E-state index contributed by atoms with van der Waals surface area (Å²) in [6.45, 7) is 1.83. The lowest BCUT2D eigenvalue weighted by atomic mass is 10.0. The van der Waals surface area contributed by atoms with Crippen LogP contribution in [-0.4, -0.2) is 17.9 Å². The summed E-state index contributed by atoms with van der Waals surface area (Å²) < 4.78 is 31.4. The van der Waals surface area contributed by atoms with Gasteiger partial charge in [0.05, 0.1) is 9.82 Å². The molecule has 0 bridgehead atoms. The maximum atomic E-state index is 11.1. The van der Waals surface area contributed by atoms with E-state index in [2.05, 4.69) is 0 Å². The summed E-state index contributed by atoms with van der Waals surface area (Å²) in [5, 5.41) is 10.6. The molecule has 2 aromatic rings. The van der Waals surface area contributed by atoms with E-state index in [0.29, 0.717) is 6.42 Å². The summed E-state index contributed by atoms with van der Waals surface area (Å²) in [6, 6.07) is 10.4. The largest absolute Gasteiger partial charge is 0.294 e. The molecule has 0 atom stereocenters. The number of hydrogen-bond acceptors (Lipinski definition) is 4. The lowest BCUT2D eigenvalue weighted by molar-refractivity contribution is -0.384. The van der Waals surface area contributed by atoms with E-state index in [1.54, 1.807) is 18.2 Å². The Morgan fingerprint density at radius 3 is 2.29 bits per heavy atom. The highest BCUT2D eigenvalue weighted by Crippen LogP contribution is 2.20. The molecule has 0 aromatic heterocycles. The van der Waals surface area contributed by atoms with Gasteiger partial charge in [-0.2, -0.15) is 8.42 Å². The summed E-state index contributed by atoms with van der Waals surface area (Å²) in [5.41, 5.74) is 2.43. The van der Waals surface area contributed by atoms with Crippen molar-refractivity contribution in [3.05, 3.63) is 69.3 Å². The minimum Gasteiger partial charge on any atom is -0.282 e. The monoisotopic (exact) mass is 307 g/mol. The van der Waals surface area contributed by atoms with Gasteiger partial charge in [-0.1, -0.05) is 18.2 Å². The number of non-ortho nitro benzene ring substituents is 1. The number of rotatable bonds is 4. The molecule has 0 aliphatic heterocycles. The second kappa shape index (κ2) is 5.63. The van der Waals surface area contributed by atoms with Crippen molar-refractivity contribution in [2.75, 3.05) is 0 Å². The van der Waals surface area contributed by atoms with Crippen LogP contribution in [0.2, 0.25) is 0 Å². The summed E-state index contributed by atoms with van der Waals surface area (Å²) in [7, 11) is -4.24. The van der Waals surface area contributed by atoms with Crippen LogP contribution in [0, 0.1) is 17.0 Å². The van der Waals surface area contributed by atoms with E-state index in [4.69, 9.17) is 4.55 Å². The van der Waals surface area contributed by atoms with Crippen LogP contribution >= 0.6 is 0 Å². The average Bonchev–Trinajstić information content (AvgIpc) is 2.40. The standard InChI is InChI=1S/C14H13NO5S/c1-10-2-7-14(21(18,19)20)9-12(10)8-11-3-5-13(6-4-11)15(16)17/h2-7,9H,8H2,1H3,(H,18,19,20). The topological polar surface area (TPSA) is 97.5 Å². The molecule has 0 saturated carbocycles. The molecule has 0 aliphatic carbocycles. The molecule has 2 rings (SSSR count). The third-order valence-electron chi connectivity index (χ3n) is 3.16. The first-order chi connectivity index (χ1) is 9.77. The Labute approximate surface area is 121 Å². The van der Waals surface area contributed by atoms with E-state index in [0.717, 1.165) is 16.7 Å². The Morgan fingerprint density at radius 1 is 1.14 bits per heavy atom. The Morgan fingerprint density at radius 2 is 1.76 bits per heavy atom. The SMILES string of the molecule is Cc1ccc(S(=O)(=O)O)cc1Cc1ccc([N+](=O)[O-])cc1. The predicted molar refractivity (Wildman–Crippen MR) is 76.9 cm³/mol. The first kappa shape index (κ1) is 15.1. The highest BCUT2D eigenvalue weighted by Gasteiger charge is 2.12. The van der Waals surface area contributed by atoms with E-state index in [1.807, 2.05) is 6.92 Å². The van der Waals surface area contributed by atoms with Crippen molar-refractivity contribution in [1.29, 1.82) is 0 Å². The number of nitrogens with zero attached hydrogens (tertiary/aromatic N) is 1.